The maximum atomic E-state index is 6.06. The number of rotatable bonds is 4. The predicted molar refractivity (Wildman–Crippen MR) is 75.4 cm³/mol. The maximum Gasteiger partial charge on any atom is 0.0494 e. The van der Waals surface area contributed by atoms with E-state index in [-0.39, 0.29) is 0 Å². The lowest BCUT2D eigenvalue weighted by molar-refractivity contribution is 0.136. The van der Waals surface area contributed by atoms with Crippen molar-refractivity contribution in [3.8, 4) is 0 Å². The molecule has 0 radical (unpaired) electrons. The van der Waals surface area contributed by atoms with Crippen molar-refractivity contribution in [2.45, 2.75) is 58.2 Å². The quantitative estimate of drug-likeness (QED) is 0.889. The minimum atomic E-state index is 0.321. The fraction of sp³-hybridized carbons (Fsp3) is 0.667. The van der Waals surface area contributed by atoms with Gasteiger partial charge in [-0.05, 0) is 50.3 Å². The van der Waals surface area contributed by atoms with Crippen LogP contribution in [0.2, 0.25) is 0 Å². The highest BCUT2D eigenvalue weighted by molar-refractivity contribution is 5.26. The summed E-state index contributed by atoms with van der Waals surface area (Å²) in [5, 5.41) is 0. The van der Waals surface area contributed by atoms with Gasteiger partial charge in [-0.15, -0.1) is 0 Å². The minimum Gasteiger partial charge on any atom is -0.329 e. The number of nitrogens with zero attached hydrogens (tertiary/aromatic N) is 2. The molecule has 1 fully saturated rings. The molecule has 3 heteroatoms. The topological polar surface area (TPSA) is 42.1 Å². The van der Waals surface area contributed by atoms with E-state index in [1.807, 2.05) is 12.4 Å². The number of pyridine rings is 1. The number of nitrogens with two attached hydrogens (primary N) is 1. The zero-order valence-corrected chi connectivity index (χ0v) is 11.8. The number of aromatic nitrogens is 1. The molecule has 0 amide bonds. The zero-order valence-electron chi connectivity index (χ0n) is 11.8. The van der Waals surface area contributed by atoms with E-state index in [1.54, 1.807) is 0 Å². The fourth-order valence-electron chi connectivity index (χ4n) is 3.30. The van der Waals surface area contributed by atoms with Crippen LogP contribution < -0.4 is 5.73 Å². The van der Waals surface area contributed by atoms with Gasteiger partial charge < -0.3 is 5.73 Å². The Labute approximate surface area is 110 Å². The van der Waals surface area contributed by atoms with Crippen molar-refractivity contribution in [1.29, 1.82) is 0 Å². The van der Waals surface area contributed by atoms with E-state index in [9.17, 15) is 0 Å². The van der Waals surface area contributed by atoms with E-state index in [0.717, 1.165) is 0 Å². The van der Waals surface area contributed by atoms with Crippen molar-refractivity contribution in [3.63, 3.8) is 0 Å². The molecule has 0 saturated carbocycles. The van der Waals surface area contributed by atoms with Gasteiger partial charge in [0.1, 0.15) is 0 Å². The van der Waals surface area contributed by atoms with Gasteiger partial charge >= 0.3 is 0 Å². The van der Waals surface area contributed by atoms with E-state index in [2.05, 4.69) is 36.7 Å². The van der Waals surface area contributed by atoms with Crippen LogP contribution in [0.5, 0.6) is 0 Å². The van der Waals surface area contributed by atoms with Crippen molar-refractivity contribution in [2.75, 3.05) is 6.54 Å². The van der Waals surface area contributed by atoms with E-state index >= 15 is 0 Å². The summed E-state index contributed by atoms with van der Waals surface area (Å²) in [4.78, 5) is 6.89. The average molecular weight is 247 g/mol. The molecule has 0 aliphatic carbocycles. The van der Waals surface area contributed by atoms with Crippen molar-refractivity contribution >= 4 is 0 Å². The molecule has 100 valence electrons. The molecular weight excluding hydrogens is 222 g/mol. The summed E-state index contributed by atoms with van der Waals surface area (Å²) in [6.07, 6.45) is 7.64. The van der Waals surface area contributed by atoms with Gasteiger partial charge in [-0.1, -0.05) is 6.92 Å². The number of likely N-dealkylation sites (tertiary alicyclic amines) is 1. The number of hydrogen-bond acceptors (Lipinski definition) is 3. The van der Waals surface area contributed by atoms with Crippen LogP contribution in [-0.4, -0.2) is 28.5 Å². The molecule has 1 aliphatic rings. The Bertz CT molecular complexity index is 391. The van der Waals surface area contributed by atoms with Gasteiger partial charge in [0.15, 0.2) is 0 Å². The van der Waals surface area contributed by atoms with Crippen LogP contribution in [0.25, 0.3) is 0 Å². The van der Waals surface area contributed by atoms with Crippen molar-refractivity contribution < 1.29 is 0 Å². The van der Waals surface area contributed by atoms with Gasteiger partial charge in [0, 0.05) is 37.1 Å². The molecule has 2 rings (SSSR count). The van der Waals surface area contributed by atoms with Crippen LogP contribution in [0.4, 0.5) is 0 Å². The number of aryl methyl sites for hydroxylation is 1. The van der Waals surface area contributed by atoms with Crippen molar-refractivity contribution in [2.24, 2.45) is 5.73 Å². The highest BCUT2D eigenvalue weighted by Crippen LogP contribution is 2.35. The Balaban J connectivity index is 2.30. The summed E-state index contributed by atoms with van der Waals surface area (Å²) in [5.74, 6) is 0. The van der Waals surface area contributed by atoms with E-state index in [0.29, 0.717) is 24.7 Å². The van der Waals surface area contributed by atoms with Crippen LogP contribution >= 0.6 is 0 Å². The Morgan fingerprint density at radius 2 is 2.28 bits per heavy atom. The molecule has 2 N–H and O–H groups in total. The summed E-state index contributed by atoms with van der Waals surface area (Å²) in [6, 6.07) is 3.71. The van der Waals surface area contributed by atoms with Crippen molar-refractivity contribution in [1.82, 2.24) is 9.88 Å². The Kier molecular flexibility index (Phi) is 4.36. The fourth-order valence-corrected chi connectivity index (χ4v) is 3.30. The maximum absolute atomic E-state index is 6.06. The third-order valence-corrected chi connectivity index (χ3v) is 4.34. The van der Waals surface area contributed by atoms with E-state index in [4.69, 9.17) is 5.73 Å². The van der Waals surface area contributed by atoms with Gasteiger partial charge in [-0.2, -0.15) is 0 Å². The van der Waals surface area contributed by atoms with Gasteiger partial charge in [0.05, 0.1) is 0 Å². The first-order valence-electron chi connectivity index (χ1n) is 7.07. The van der Waals surface area contributed by atoms with E-state index < -0.39 is 0 Å². The van der Waals surface area contributed by atoms with Gasteiger partial charge in [-0.25, -0.2) is 0 Å². The first-order chi connectivity index (χ1) is 8.69. The highest BCUT2D eigenvalue weighted by Gasteiger charge is 2.35. The van der Waals surface area contributed by atoms with Crippen LogP contribution in [0.3, 0.4) is 0 Å². The predicted octanol–water partition coefficient (Wildman–Crippen LogP) is 2.65. The first-order valence-corrected chi connectivity index (χ1v) is 7.07. The second-order valence-electron chi connectivity index (χ2n) is 5.42. The summed E-state index contributed by atoms with van der Waals surface area (Å²) in [5.41, 5.74) is 8.66. The second kappa shape index (κ2) is 5.81. The van der Waals surface area contributed by atoms with Gasteiger partial charge in [0.25, 0.3) is 0 Å². The van der Waals surface area contributed by atoms with Gasteiger partial charge in [-0.3, -0.25) is 9.88 Å². The molecule has 1 saturated heterocycles. The normalized spacial score (nSPS) is 26.4. The molecule has 0 aromatic carbocycles. The van der Waals surface area contributed by atoms with Crippen LogP contribution in [0.1, 0.15) is 50.3 Å². The summed E-state index contributed by atoms with van der Waals surface area (Å²) >= 11 is 0. The summed E-state index contributed by atoms with van der Waals surface area (Å²) in [7, 11) is 0. The van der Waals surface area contributed by atoms with Crippen LogP contribution in [0, 0.1) is 6.92 Å². The Morgan fingerprint density at radius 1 is 1.50 bits per heavy atom. The molecule has 1 aromatic heterocycles. The molecule has 0 bridgehead atoms. The van der Waals surface area contributed by atoms with Gasteiger partial charge in [0.2, 0.25) is 0 Å². The molecule has 3 unspecified atom stereocenters. The molecule has 1 aliphatic heterocycles. The molecule has 2 heterocycles. The molecule has 18 heavy (non-hydrogen) atoms. The SMILES string of the molecule is CCC1CCC(C)N1C(CN)c1cnccc1C. The first kappa shape index (κ1) is 13.5. The Morgan fingerprint density at radius 3 is 2.89 bits per heavy atom. The lowest BCUT2D eigenvalue weighted by Gasteiger charge is -2.36. The van der Waals surface area contributed by atoms with E-state index in [1.165, 1.54) is 30.4 Å². The lowest BCUT2D eigenvalue weighted by Crippen LogP contribution is -2.41. The molecule has 3 nitrogen and oxygen atoms in total. The summed E-state index contributed by atoms with van der Waals surface area (Å²) < 4.78 is 0. The monoisotopic (exact) mass is 247 g/mol. The highest BCUT2D eigenvalue weighted by atomic mass is 15.2. The number of hydrogen-bond donors (Lipinski definition) is 1. The minimum absolute atomic E-state index is 0.321. The molecule has 3 atom stereocenters. The smallest absolute Gasteiger partial charge is 0.0494 e. The molecule has 1 aromatic rings. The standard InChI is InChI=1S/C15H25N3/c1-4-13-6-5-12(3)18(13)15(9-16)14-10-17-8-7-11(14)2/h7-8,10,12-13,15H,4-6,9,16H2,1-3H3. The second-order valence-corrected chi connectivity index (χ2v) is 5.42. The molecular formula is C15H25N3. The summed E-state index contributed by atoms with van der Waals surface area (Å²) in [6.45, 7) is 7.43. The molecule has 0 spiro atoms. The largest absolute Gasteiger partial charge is 0.329 e. The zero-order chi connectivity index (χ0) is 13.1. The lowest BCUT2D eigenvalue weighted by atomic mass is 10.0. The van der Waals surface area contributed by atoms with Crippen molar-refractivity contribution in [3.05, 3.63) is 29.6 Å². The Hall–Kier alpha value is -0.930. The third kappa shape index (κ3) is 2.43. The van der Waals surface area contributed by atoms with Crippen LogP contribution in [0.15, 0.2) is 18.5 Å². The average Bonchev–Trinajstić information content (AvgIpc) is 2.74. The third-order valence-electron chi connectivity index (χ3n) is 4.34. The van der Waals surface area contributed by atoms with Crippen LogP contribution in [-0.2, 0) is 0 Å².